The minimum atomic E-state index is -5.12. The fraction of sp³-hybridized carbons (Fsp3) is 0.240. The van der Waals surface area contributed by atoms with Crippen molar-refractivity contribution < 1.29 is 40.6 Å². The molecule has 3 aromatic rings. The summed E-state index contributed by atoms with van der Waals surface area (Å²) in [5.41, 5.74) is -2.36. The third kappa shape index (κ3) is 5.32. The number of fused-ring (bicyclic) bond motifs is 1. The molecule has 2 atom stereocenters. The van der Waals surface area contributed by atoms with Gasteiger partial charge >= 0.3 is 12.4 Å². The van der Waals surface area contributed by atoms with Crippen LogP contribution in [0.2, 0.25) is 0 Å². The van der Waals surface area contributed by atoms with Gasteiger partial charge in [0.2, 0.25) is 5.60 Å². The molecule has 3 aromatic carbocycles. The van der Waals surface area contributed by atoms with Gasteiger partial charge in [-0.2, -0.15) is 26.3 Å². The Morgan fingerprint density at radius 3 is 2.11 bits per heavy atom. The quantitative estimate of drug-likeness (QED) is 0.408. The molecular formula is C25H18F7NO2. The number of nitrogens with zero attached hydrogens (tertiary/aromatic N) is 1. The molecule has 0 aliphatic carbocycles. The summed E-state index contributed by atoms with van der Waals surface area (Å²) in [6.07, 6.45) is -9.35. The molecule has 0 saturated heterocycles. The maximum atomic E-state index is 13.9. The highest BCUT2D eigenvalue weighted by Gasteiger charge is 2.56. The summed E-state index contributed by atoms with van der Waals surface area (Å²) in [6, 6.07) is 13.1. The van der Waals surface area contributed by atoms with Crippen LogP contribution in [0.1, 0.15) is 33.9 Å². The number of hydrogen-bond acceptors (Lipinski definition) is 3. The van der Waals surface area contributed by atoms with Crippen LogP contribution in [0, 0.1) is 5.82 Å². The molecule has 1 heterocycles. The van der Waals surface area contributed by atoms with Gasteiger partial charge < -0.3 is 9.84 Å². The summed E-state index contributed by atoms with van der Waals surface area (Å²) in [6.45, 7) is -1.22. The molecule has 184 valence electrons. The Bertz CT molecular complexity index is 1220. The van der Waals surface area contributed by atoms with E-state index in [0.717, 1.165) is 36.4 Å². The van der Waals surface area contributed by atoms with Gasteiger partial charge in [0.1, 0.15) is 24.2 Å². The van der Waals surface area contributed by atoms with Gasteiger partial charge in [0.15, 0.2) is 0 Å². The van der Waals surface area contributed by atoms with E-state index in [1.807, 2.05) is 0 Å². The summed E-state index contributed by atoms with van der Waals surface area (Å²) in [5, 5.41) is 10.6. The van der Waals surface area contributed by atoms with Crippen molar-refractivity contribution in [3.8, 4) is 5.75 Å². The fourth-order valence-corrected chi connectivity index (χ4v) is 3.79. The lowest BCUT2D eigenvalue weighted by atomic mass is 9.89. The van der Waals surface area contributed by atoms with E-state index >= 15 is 0 Å². The molecule has 0 fully saturated rings. The third-order valence-corrected chi connectivity index (χ3v) is 5.65. The molecule has 0 aromatic heterocycles. The lowest BCUT2D eigenvalue weighted by Gasteiger charge is -2.31. The number of ether oxygens (including phenoxy) is 1. The normalized spacial score (nSPS) is 17.2. The molecule has 1 aliphatic rings. The Labute approximate surface area is 195 Å². The summed E-state index contributed by atoms with van der Waals surface area (Å²) < 4.78 is 97.7. The molecule has 0 bridgehead atoms. The monoisotopic (exact) mass is 497 g/mol. The van der Waals surface area contributed by atoms with Crippen LogP contribution in [0.3, 0.4) is 0 Å². The average Bonchev–Trinajstić information content (AvgIpc) is 3.20. The first kappa shape index (κ1) is 24.7. The van der Waals surface area contributed by atoms with Gasteiger partial charge in [-0.05, 0) is 58.1 Å². The van der Waals surface area contributed by atoms with E-state index in [-0.39, 0.29) is 11.3 Å². The van der Waals surface area contributed by atoms with Crippen LogP contribution in [-0.4, -0.2) is 30.3 Å². The Kier molecular flexibility index (Phi) is 6.35. The Balaban J connectivity index is 1.56. The van der Waals surface area contributed by atoms with Crippen LogP contribution in [0.25, 0.3) is 0 Å². The van der Waals surface area contributed by atoms with Crippen LogP contribution in [-0.2, 0) is 12.0 Å². The van der Waals surface area contributed by atoms with Gasteiger partial charge in [0, 0.05) is 6.21 Å². The number of hydrogen-bond donors (Lipinski definition) is 1. The molecule has 0 saturated carbocycles. The van der Waals surface area contributed by atoms with E-state index in [9.17, 15) is 35.8 Å². The molecule has 0 radical (unpaired) electrons. The highest BCUT2D eigenvalue weighted by atomic mass is 19.4. The fourth-order valence-electron chi connectivity index (χ4n) is 3.79. The molecule has 0 amide bonds. The standard InChI is InChI=1S/C25H18F7NO2/c26-19-6-3-16(4-7-19)22-21-10-5-18(11-17(21)13-33-22)23(34,25(30,31)32)14-35-20-8-1-15(2-9-20)12-24(27,28)29/h1-11,13,22,34H,12,14H2. The van der Waals surface area contributed by atoms with Crippen molar-refractivity contribution in [2.45, 2.75) is 30.4 Å². The van der Waals surface area contributed by atoms with Gasteiger partial charge in [-0.25, -0.2) is 4.39 Å². The first-order valence-corrected chi connectivity index (χ1v) is 10.4. The topological polar surface area (TPSA) is 41.8 Å². The lowest BCUT2D eigenvalue weighted by molar-refractivity contribution is -0.275. The first-order valence-electron chi connectivity index (χ1n) is 10.4. The van der Waals surface area contributed by atoms with Crippen LogP contribution < -0.4 is 4.74 Å². The van der Waals surface area contributed by atoms with Gasteiger partial charge in [0.05, 0.1) is 6.42 Å². The van der Waals surface area contributed by atoms with E-state index in [1.165, 1.54) is 36.5 Å². The first-order chi connectivity index (χ1) is 16.4. The van der Waals surface area contributed by atoms with Gasteiger partial charge in [0.25, 0.3) is 0 Å². The lowest BCUT2D eigenvalue weighted by Crippen LogP contribution is -2.47. The van der Waals surface area contributed by atoms with E-state index < -0.39 is 48.4 Å². The number of aliphatic imine (C=N–C) groups is 1. The number of benzene rings is 3. The minimum absolute atomic E-state index is 0.0791. The Hall–Kier alpha value is -3.40. The molecule has 1 N–H and O–H groups in total. The second-order valence-electron chi connectivity index (χ2n) is 8.16. The maximum Gasteiger partial charge on any atom is 0.424 e. The van der Waals surface area contributed by atoms with Crippen molar-refractivity contribution in [3.05, 3.63) is 100 Å². The number of rotatable bonds is 6. The van der Waals surface area contributed by atoms with E-state index in [0.29, 0.717) is 16.7 Å². The van der Waals surface area contributed by atoms with E-state index in [4.69, 9.17) is 4.74 Å². The van der Waals surface area contributed by atoms with Gasteiger partial charge in [-0.15, -0.1) is 0 Å². The zero-order chi connectivity index (χ0) is 25.4. The zero-order valence-corrected chi connectivity index (χ0v) is 17.9. The highest BCUT2D eigenvalue weighted by Crippen LogP contribution is 2.42. The van der Waals surface area contributed by atoms with Crippen molar-refractivity contribution in [3.63, 3.8) is 0 Å². The van der Waals surface area contributed by atoms with E-state index in [2.05, 4.69) is 4.99 Å². The summed E-state index contributed by atoms with van der Waals surface area (Å²) in [5.74, 6) is -0.561. The molecule has 1 aliphatic heterocycles. The highest BCUT2D eigenvalue weighted by molar-refractivity contribution is 5.86. The summed E-state index contributed by atoms with van der Waals surface area (Å²) >= 11 is 0. The Morgan fingerprint density at radius 2 is 1.51 bits per heavy atom. The van der Waals surface area contributed by atoms with Crippen LogP contribution in [0.4, 0.5) is 30.7 Å². The predicted molar refractivity (Wildman–Crippen MR) is 114 cm³/mol. The summed E-state index contributed by atoms with van der Waals surface area (Å²) in [7, 11) is 0. The maximum absolute atomic E-state index is 13.9. The smallest absolute Gasteiger partial charge is 0.424 e. The van der Waals surface area contributed by atoms with Gasteiger partial charge in [-0.1, -0.05) is 36.4 Å². The minimum Gasteiger partial charge on any atom is -0.490 e. The second-order valence-corrected chi connectivity index (χ2v) is 8.16. The predicted octanol–water partition coefficient (Wildman–Crippen LogP) is 6.28. The number of aliphatic hydroxyl groups is 1. The Morgan fingerprint density at radius 1 is 0.857 bits per heavy atom. The molecule has 35 heavy (non-hydrogen) atoms. The second kappa shape index (κ2) is 8.99. The third-order valence-electron chi connectivity index (χ3n) is 5.65. The number of halogens is 7. The van der Waals surface area contributed by atoms with E-state index in [1.54, 1.807) is 0 Å². The SMILES string of the molecule is OC(COc1ccc(CC(F)(F)F)cc1)(c1ccc2c(c1)C=NC2c1ccc(F)cc1)C(F)(F)F. The van der Waals surface area contributed by atoms with Crippen molar-refractivity contribution >= 4 is 6.21 Å². The molecule has 0 spiro atoms. The van der Waals surface area contributed by atoms with Crippen molar-refractivity contribution in [1.82, 2.24) is 0 Å². The molecule has 3 nitrogen and oxygen atoms in total. The summed E-state index contributed by atoms with van der Waals surface area (Å²) in [4.78, 5) is 4.29. The molecule has 10 heteroatoms. The van der Waals surface area contributed by atoms with Crippen LogP contribution in [0.15, 0.2) is 71.7 Å². The molecule has 2 unspecified atom stereocenters. The average molecular weight is 497 g/mol. The van der Waals surface area contributed by atoms with Gasteiger partial charge in [-0.3, -0.25) is 4.99 Å². The molecular weight excluding hydrogens is 479 g/mol. The number of alkyl halides is 6. The zero-order valence-electron chi connectivity index (χ0n) is 17.9. The van der Waals surface area contributed by atoms with Crippen molar-refractivity contribution in [2.75, 3.05) is 6.61 Å². The molecule has 4 rings (SSSR count). The largest absolute Gasteiger partial charge is 0.490 e. The van der Waals surface area contributed by atoms with Crippen molar-refractivity contribution in [2.24, 2.45) is 4.99 Å². The van der Waals surface area contributed by atoms with Crippen LogP contribution in [0.5, 0.6) is 5.75 Å². The van der Waals surface area contributed by atoms with Crippen LogP contribution >= 0.6 is 0 Å². The van der Waals surface area contributed by atoms with Crippen molar-refractivity contribution in [1.29, 1.82) is 0 Å².